The van der Waals surface area contributed by atoms with Crippen LogP contribution in [0.4, 0.5) is 13.2 Å². The van der Waals surface area contributed by atoms with Gasteiger partial charge in [-0.3, -0.25) is 4.79 Å². The summed E-state index contributed by atoms with van der Waals surface area (Å²) in [6.45, 7) is 0. The molecule has 0 aromatic carbocycles. The van der Waals surface area contributed by atoms with Crippen molar-refractivity contribution >= 4 is 17.3 Å². The van der Waals surface area contributed by atoms with Crippen LogP contribution in [-0.4, -0.2) is 11.1 Å². The normalized spacial score (nSPS) is 11.6. The molecule has 0 saturated heterocycles. The van der Waals surface area contributed by atoms with E-state index >= 15 is 0 Å². The summed E-state index contributed by atoms with van der Waals surface area (Å²) in [5.41, 5.74) is 0. The zero-order valence-corrected chi connectivity index (χ0v) is 7.78. The maximum absolute atomic E-state index is 12.1. The van der Waals surface area contributed by atoms with Gasteiger partial charge in [-0.2, -0.15) is 13.2 Å². The molecule has 0 unspecified atom stereocenters. The number of hydrogen-bond donors (Lipinski definition) is 1. The van der Waals surface area contributed by atoms with Gasteiger partial charge in [-0.05, 0) is 18.6 Å². The first-order valence-corrected chi connectivity index (χ1v) is 4.59. The van der Waals surface area contributed by atoms with Crippen LogP contribution in [0, 0.1) is 0 Å². The van der Waals surface area contributed by atoms with E-state index in [1.165, 1.54) is 6.07 Å². The Hall–Kier alpha value is -1.04. The summed E-state index contributed by atoms with van der Waals surface area (Å²) in [6, 6.07) is 2.29. The van der Waals surface area contributed by atoms with E-state index in [-0.39, 0.29) is 12.8 Å². The molecule has 0 atom stereocenters. The molecule has 1 rings (SSSR count). The van der Waals surface area contributed by atoms with Crippen molar-refractivity contribution in [1.82, 2.24) is 0 Å². The second-order valence-corrected chi connectivity index (χ2v) is 3.83. The molecule has 1 aromatic rings. The van der Waals surface area contributed by atoms with Crippen LogP contribution in [0.5, 0.6) is 0 Å². The smallest absolute Gasteiger partial charge is 0.425 e. The highest BCUT2D eigenvalue weighted by atomic mass is 32.1. The maximum Gasteiger partial charge on any atom is 0.425 e. The lowest BCUT2D eigenvalue weighted by Gasteiger charge is -2.00. The van der Waals surface area contributed by atoms with Crippen LogP contribution in [0.1, 0.15) is 16.2 Å². The predicted molar refractivity (Wildman–Crippen MR) is 45.3 cm³/mol. The molecule has 0 fully saturated rings. The summed E-state index contributed by atoms with van der Waals surface area (Å²) in [7, 11) is 0. The number of hydrogen-bond acceptors (Lipinski definition) is 2. The Kier molecular flexibility index (Phi) is 3.15. The van der Waals surface area contributed by atoms with Gasteiger partial charge in [0.15, 0.2) is 0 Å². The third-order valence-electron chi connectivity index (χ3n) is 1.53. The predicted octanol–water partition coefficient (Wildman–Crippen LogP) is 2.78. The lowest BCUT2D eigenvalue weighted by Crippen LogP contribution is -2.00. The van der Waals surface area contributed by atoms with Gasteiger partial charge in [0.05, 0.1) is 6.42 Å². The third-order valence-corrected chi connectivity index (χ3v) is 2.72. The van der Waals surface area contributed by atoms with Crippen molar-refractivity contribution in [1.29, 1.82) is 0 Å². The van der Waals surface area contributed by atoms with Crippen LogP contribution in [0.2, 0.25) is 0 Å². The summed E-state index contributed by atoms with van der Waals surface area (Å²) < 4.78 is 36.3. The van der Waals surface area contributed by atoms with Crippen molar-refractivity contribution < 1.29 is 23.1 Å². The average molecular weight is 224 g/mol. The van der Waals surface area contributed by atoms with E-state index in [0.717, 1.165) is 6.07 Å². The lowest BCUT2D eigenvalue weighted by atomic mass is 10.3. The van der Waals surface area contributed by atoms with Gasteiger partial charge in [0.2, 0.25) is 0 Å². The second kappa shape index (κ2) is 4.00. The maximum atomic E-state index is 12.1. The summed E-state index contributed by atoms with van der Waals surface area (Å²) in [4.78, 5) is 9.92. The summed E-state index contributed by atoms with van der Waals surface area (Å²) in [5, 5.41) is 8.32. The molecular formula is C8H7F3O2S. The number of thiophene rings is 1. The molecule has 0 aliphatic heterocycles. The van der Waals surface area contributed by atoms with E-state index in [1.54, 1.807) is 0 Å². The second-order valence-electron chi connectivity index (χ2n) is 2.66. The largest absolute Gasteiger partial charge is 0.481 e. The molecule has 6 heteroatoms. The number of aryl methyl sites for hydroxylation is 1. The number of aliphatic carboxylic acids is 1. The molecule has 1 N–H and O–H groups in total. The molecule has 1 aromatic heterocycles. The standard InChI is InChI=1S/C8H7F3O2S/c9-8(10,11)6-3-1-5(14-6)2-4-7(12)13/h1,3H,2,4H2,(H,12,13). The van der Waals surface area contributed by atoms with Gasteiger partial charge in [0.25, 0.3) is 0 Å². The van der Waals surface area contributed by atoms with Crippen molar-refractivity contribution in [3.8, 4) is 0 Å². The Labute approximate surface area is 82.0 Å². The van der Waals surface area contributed by atoms with Crippen LogP contribution in [0.3, 0.4) is 0 Å². The molecule has 0 aliphatic carbocycles. The quantitative estimate of drug-likeness (QED) is 0.857. The third kappa shape index (κ3) is 3.02. The zero-order chi connectivity index (χ0) is 10.8. The van der Waals surface area contributed by atoms with Gasteiger partial charge in [0.1, 0.15) is 4.88 Å². The van der Waals surface area contributed by atoms with Crippen LogP contribution in [0.15, 0.2) is 12.1 Å². The van der Waals surface area contributed by atoms with Gasteiger partial charge in [-0.25, -0.2) is 0 Å². The van der Waals surface area contributed by atoms with E-state index in [0.29, 0.717) is 16.2 Å². The Balaban J connectivity index is 2.64. The van der Waals surface area contributed by atoms with Crippen molar-refractivity contribution in [2.75, 3.05) is 0 Å². The fraction of sp³-hybridized carbons (Fsp3) is 0.375. The first-order valence-electron chi connectivity index (χ1n) is 3.77. The van der Waals surface area contributed by atoms with Gasteiger partial charge >= 0.3 is 12.1 Å². The SMILES string of the molecule is O=C(O)CCc1ccc(C(F)(F)F)s1. The zero-order valence-electron chi connectivity index (χ0n) is 6.97. The van der Waals surface area contributed by atoms with Crippen molar-refractivity contribution in [2.24, 2.45) is 0 Å². The van der Waals surface area contributed by atoms with E-state index in [1.807, 2.05) is 0 Å². The van der Waals surface area contributed by atoms with E-state index < -0.39 is 17.0 Å². The summed E-state index contributed by atoms with van der Waals surface area (Å²) in [6.07, 6.45) is -4.32. The molecule has 0 saturated carbocycles. The van der Waals surface area contributed by atoms with Gasteiger partial charge in [-0.15, -0.1) is 11.3 Å². The van der Waals surface area contributed by atoms with Crippen LogP contribution < -0.4 is 0 Å². The Bertz CT molecular complexity index is 330. The van der Waals surface area contributed by atoms with E-state index in [2.05, 4.69) is 0 Å². The number of alkyl halides is 3. The Morgan fingerprint density at radius 3 is 2.50 bits per heavy atom. The number of rotatable bonds is 3. The fourth-order valence-corrected chi connectivity index (χ4v) is 1.77. The first-order chi connectivity index (χ1) is 6.39. The Morgan fingerprint density at radius 1 is 1.43 bits per heavy atom. The van der Waals surface area contributed by atoms with Crippen LogP contribution in [-0.2, 0) is 17.4 Å². The number of carbonyl (C=O) groups is 1. The first kappa shape index (κ1) is 11.0. The minimum absolute atomic E-state index is 0.141. The number of halogens is 3. The van der Waals surface area contributed by atoms with Gasteiger partial charge < -0.3 is 5.11 Å². The molecule has 78 valence electrons. The monoisotopic (exact) mass is 224 g/mol. The topological polar surface area (TPSA) is 37.3 Å². The molecule has 0 spiro atoms. The van der Waals surface area contributed by atoms with Crippen molar-refractivity contribution in [2.45, 2.75) is 19.0 Å². The fourth-order valence-electron chi connectivity index (χ4n) is 0.895. The molecular weight excluding hydrogens is 217 g/mol. The molecule has 2 nitrogen and oxygen atoms in total. The van der Waals surface area contributed by atoms with Gasteiger partial charge in [-0.1, -0.05) is 0 Å². The molecule has 14 heavy (non-hydrogen) atoms. The number of carboxylic acids is 1. The molecule has 1 heterocycles. The number of carboxylic acid groups (broad SMARTS) is 1. The van der Waals surface area contributed by atoms with Crippen molar-refractivity contribution in [3.05, 3.63) is 21.9 Å². The minimum Gasteiger partial charge on any atom is -0.481 e. The summed E-state index contributed by atoms with van der Waals surface area (Å²) >= 11 is 0.593. The van der Waals surface area contributed by atoms with Crippen molar-refractivity contribution in [3.63, 3.8) is 0 Å². The molecule has 0 bridgehead atoms. The Morgan fingerprint density at radius 2 is 2.07 bits per heavy atom. The molecule has 0 amide bonds. The highest BCUT2D eigenvalue weighted by Crippen LogP contribution is 2.34. The van der Waals surface area contributed by atoms with Gasteiger partial charge in [0, 0.05) is 4.88 Å². The van der Waals surface area contributed by atoms with E-state index in [4.69, 9.17) is 5.11 Å². The molecule has 0 aliphatic rings. The van der Waals surface area contributed by atoms with Crippen LogP contribution >= 0.6 is 11.3 Å². The molecule has 0 radical (unpaired) electrons. The highest BCUT2D eigenvalue weighted by molar-refractivity contribution is 7.12. The van der Waals surface area contributed by atoms with E-state index in [9.17, 15) is 18.0 Å². The lowest BCUT2D eigenvalue weighted by molar-refractivity contribution is -0.137. The minimum atomic E-state index is -4.33. The highest BCUT2D eigenvalue weighted by Gasteiger charge is 2.32. The average Bonchev–Trinajstić information content (AvgIpc) is 2.47. The van der Waals surface area contributed by atoms with Crippen LogP contribution in [0.25, 0.3) is 0 Å². The summed E-state index contributed by atoms with van der Waals surface area (Å²) in [5.74, 6) is -1.01.